The maximum atomic E-state index is 5.50. The number of methoxy groups -OCH3 is 1. The molecule has 2 aromatic rings. The molecule has 0 unspecified atom stereocenters. The third-order valence-corrected chi connectivity index (χ3v) is 3.66. The molecule has 3 rings (SSSR count). The van der Waals surface area contributed by atoms with Crippen LogP contribution in [0.3, 0.4) is 0 Å². The lowest BCUT2D eigenvalue weighted by atomic mass is 10.2. The summed E-state index contributed by atoms with van der Waals surface area (Å²) in [5.41, 5.74) is 6.68. The van der Waals surface area contributed by atoms with Crippen LogP contribution in [0.1, 0.15) is 30.1 Å². The molecule has 7 heteroatoms. The molecule has 0 aliphatic heterocycles. The lowest BCUT2D eigenvalue weighted by Gasteiger charge is -2.21. The van der Waals surface area contributed by atoms with Gasteiger partial charge in [0.2, 0.25) is 5.89 Å². The summed E-state index contributed by atoms with van der Waals surface area (Å²) in [6, 6.07) is 8.69. The number of aromatic nitrogens is 2. The predicted molar refractivity (Wildman–Crippen MR) is 84.7 cm³/mol. The Morgan fingerprint density at radius 2 is 2.09 bits per heavy atom. The van der Waals surface area contributed by atoms with Crippen LogP contribution in [0, 0.1) is 0 Å². The molecule has 0 bridgehead atoms. The van der Waals surface area contributed by atoms with Gasteiger partial charge in [-0.2, -0.15) is 4.98 Å². The summed E-state index contributed by atoms with van der Waals surface area (Å²) in [7, 11) is 1.70. The maximum Gasteiger partial charge on any atom is 0.240 e. The van der Waals surface area contributed by atoms with Gasteiger partial charge in [-0.25, -0.2) is 0 Å². The van der Waals surface area contributed by atoms with Crippen LogP contribution in [0.15, 0.2) is 28.8 Å². The Kier molecular flexibility index (Phi) is 5.76. The van der Waals surface area contributed by atoms with Gasteiger partial charge in [-0.15, -0.1) is 12.4 Å². The second kappa shape index (κ2) is 7.58. The minimum atomic E-state index is 0. The average molecular weight is 325 g/mol. The lowest BCUT2D eigenvalue weighted by molar-refractivity contribution is 0.231. The smallest absolute Gasteiger partial charge is 0.240 e. The van der Waals surface area contributed by atoms with Gasteiger partial charge in [-0.1, -0.05) is 23.4 Å². The van der Waals surface area contributed by atoms with E-state index in [0.29, 0.717) is 24.3 Å². The van der Waals surface area contributed by atoms with E-state index in [9.17, 15) is 0 Å². The molecule has 0 spiro atoms. The number of hydrogen-bond donors (Lipinski definition) is 1. The Labute approximate surface area is 136 Å². The highest BCUT2D eigenvalue weighted by atomic mass is 35.5. The predicted octanol–water partition coefficient (Wildman–Crippen LogP) is 2.12. The van der Waals surface area contributed by atoms with Crippen LogP contribution in [-0.2, 0) is 19.6 Å². The van der Waals surface area contributed by atoms with Crippen molar-refractivity contribution in [3.8, 4) is 5.75 Å². The van der Waals surface area contributed by atoms with Crippen LogP contribution >= 0.6 is 12.4 Å². The molecule has 1 saturated carbocycles. The summed E-state index contributed by atoms with van der Waals surface area (Å²) in [5, 5.41) is 3.98. The number of nitrogens with zero attached hydrogens (tertiary/aromatic N) is 3. The highest BCUT2D eigenvalue weighted by Gasteiger charge is 2.30. The fourth-order valence-electron chi connectivity index (χ4n) is 2.43. The third-order valence-electron chi connectivity index (χ3n) is 3.66. The first kappa shape index (κ1) is 16.7. The maximum absolute atomic E-state index is 5.50. The summed E-state index contributed by atoms with van der Waals surface area (Å²) in [6.07, 6.45) is 2.44. The molecule has 6 nitrogen and oxygen atoms in total. The van der Waals surface area contributed by atoms with Crippen molar-refractivity contribution in [3.05, 3.63) is 41.5 Å². The van der Waals surface area contributed by atoms with Crippen molar-refractivity contribution in [3.63, 3.8) is 0 Å². The van der Waals surface area contributed by atoms with E-state index < -0.39 is 0 Å². The van der Waals surface area contributed by atoms with Crippen molar-refractivity contribution in [2.75, 3.05) is 7.11 Å². The van der Waals surface area contributed by atoms with Crippen LogP contribution < -0.4 is 10.5 Å². The van der Waals surface area contributed by atoms with Gasteiger partial charge in [0, 0.05) is 18.2 Å². The zero-order chi connectivity index (χ0) is 14.7. The molecule has 1 aliphatic rings. The van der Waals surface area contributed by atoms with E-state index >= 15 is 0 Å². The first-order chi connectivity index (χ1) is 10.3. The van der Waals surface area contributed by atoms with E-state index in [1.54, 1.807) is 7.11 Å². The molecule has 1 fully saturated rings. The number of hydrogen-bond acceptors (Lipinski definition) is 6. The fraction of sp³-hybridized carbons (Fsp3) is 0.467. The molecule has 0 atom stereocenters. The zero-order valence-electron chi connectivity index (χ0n) is 12.6. The summed E-state index contributed by atoms with van der Waals surface area (Å²) >= 11 is 0. The van der Waals surface area contributed by atoms with Crippen molar-refractivity contribution in [1.82, 2.24) is 15.0 Å². The molecule has 0 radical (unpaired) electrons. The number of halogens is 1. The van der Waals surface area contributed by atoms with Gasteiger partial charge in [-0.3, -0.25) is 4.90 Å². The highest BCUT2D eigenvalue weighted by molar-refractivity contribution is 5.85. The van der Waals surface area contributed by atoms with E-state index in [4.69, 9.17) is 15.0 Å². The van der Waals surface area contributed by atoms with Crippen LogP contribution in [0.5, 0.6) is 5.75 Å². The highest BCUT2D eigenvalue weighted by Crippen LogP contribution is 2.31. The van der Waals surface area contributed by atoms with Gasteiger partial charge in [0.15, 0.2) is 5.82 Å². The Balaban J connectivity index is 0.00000176. The van der Waals surface area contributed by atoms with Gasteiger partial charge in [-0.05, 0) is 18.9 Å². The van der Waals surface area contributed by atoms with Crippen molar-refractivity contribution in [2.45, 2.75) is 38.5 Å². The van der Waals surface area contributed by atoms with Crippen LogP contribution in [0.4, 0.5) is 0 Å². The Hall–Kier alpha value is -1.63. The van der Waals surface area contributed by atoms with Gasteiger partial charge in [0.1, 0.15) is 5.75 Å². The minimum Gasteiger partial charge on any atom is -0.496 e. The fourth-order valence-corrected chi connectivity index (χ4v) is 2.43. The third kappa shape index (κ3) is 3.97. The van der Waals surface area contributed by atoms with Gasteiger partial charge in [0.05, 0.1) is 20.2 Å². The molecule has 2 N–H and O–H groups in total. The van der Waals surface area contributed by atoms with Crippen molar-refractivity contribution in [2.24, 2.45) is 5.73 Å². The lowest BCUT2D eigenvalue weighted by Crippen LogP contribution is -2.26. The van der Waals surface area contributed by atoms with E-state index in [0.717, 1.165) is 12.3 Å². The molecule has 120 valence electrons. The Morgan fingerprint density at radius 3 is 2.73 bits per heavy atom. The normalized spacial score (nSPS) is 14.0. The first-order valence-corrected chi connectivity index (χ1v) is 7.17. The van der Waals surface area contributed by atoms with E-state index in [1.807, 2.05) is 18.2 Å². The summed E-state index contributed by atoms with van der Waals surface area (Å²) < 4.78 is 10.5. The summed E-state index contributed by atoms with van der Waals surface area (Å²) in [6.45, 7) is 1.77. The molecule has 1 heterocycles. The number of benzene rings is 1. The quantitative estimate of drug-likeness (QED) is 0.840. The van der Waals surface area contributed by atoms with Crippen molar-refractivity contribution < 1.29 is 9.26 Å². The summed E-state index contributed by atoms with van der Waals surface area (Å²) in [4.78, 5) is 6.65. The second-order valence-electron chi connectivity index (χ2n) is 5.26. The van der Waals surface area contributed by atoms with Crippen LogP contribution in [0.25, 0.3) is 0 Å². The van der Waals surface area contributed by atoms with Crippen molar-refractivity contribution in [1.29, 1.82) is 0 Å². The van der Waals surface area contributed by atoms with Gasteiger partial charge < -0.3 is 15.0 Å². The monoisotopic (exact) mass is 324 g/mol. The number of rotatable bonds is 7. The first-order valence-electron chi connectivity index (χ1n) is 7.17. The molecule has 1 aromatic carbocycles. The van der Waals surface area contributed by atoms with Crippen molar-refractivity contribution >= 4 is 12.4 Å². The van der Waals surface area contributed by atoms with E-state index in [1.165, 1.54) is 18.4 Å². The average Bonchev–Trinajstić information content (AvgIpc) is 3.27. The summed E-state index contributed by atoms with van der Waals surface area (Å²) in [5.74, 6) is 2.09. The Morgan fingerprint density at radius 1 is 1.32 bits per heavy atom. The van der Waals surface area contributed by atoms with Crippen LogP contribution in [-0.4, -0.2) is 28.2 Å². The number of para-hydroxylation sites is 1. The number of ether oxygens (including phenoxy) is 1. The second-order valence-corrected chi connectivity index (χ2v) is 5.26. The molecule has 1 aromatic heterocycles. The molecular weight excluding hydrogens is 304 g/mol. The SMILES string of the molecule is COc1ccccc1CN(Cc1noc(CN)n1)C1CC1.Cl. The van der Waals surface area contributed by atoms with Crippen LogP contribution in [0.2, 0.25) is 0 Å². The molecule has 0 amide bonds. The molecular formula is C15H21ClN4O2. The van der Waals surface area contributed by atoms with Gasteiger partial charge in [0.25, 0.3) is 0 Å². The topological polar surface area (TPSA) is 77.4 Å². The standard InChI is InChI=1S/C15H20N4O2.ClH/c1-20-13-5-3-2-4-11(13)9-19(12-6-7-12)10-14-17-15(8-16)21-18-14;/h2-5,12H,6-10,16H2,1H3;1H. The van der Waals surface area contributed by atoms with Gasteiger partial charge >= 0.3 is 0 Å². The minimum absolute atomic E-state index is 0. The Bertz CT molecular complexity index is 601. The van der Waals surface area contributed by atoms with E-state index in [-0.39, 0.29) is 19.0 Å². The molecule has 1 aliphatic carbocycles. The largest absolute Gasteiger partial charge is 0.496 e. The zero-order valence-corrected chi connectivity index (χ0v) is 13.4. The molecule has 0 saturated heterocycles. The number of nitrogens with two attached hydrogens (primary N) is 1. The van der Waals surface area contributed by atoms with E-state index in [2.05, 4.69) is 21.1 Å². The molecule has 22 heavy (non-hydrogen) atoms.